The van der Waals surface area contributed by atoms with Gasteiger partial charge in [-0.3, -0.25) is 9.59 Å². The molecule has 2 unspecified atom stereocenters. The number of Topliss-reactive ketones (excluding diaryl/α,β-unsaturated/α-hetero) is 2. The molecule has 5 heteroatoms. The summed E-state index contributed by atoms with van der Waals surface area (Å²) >= 11 is 0. The van der Waals surface area contributed by atoms with Crippen LogP contribution in [0, 0.1) is 0 Å². The fourth-order valence-electron chi connectivity index (χ4n) is 6.10. The summed E-state index contributed by atoms with van der Waals surface area (Å²) in [5.41, 5.74) is -1.71. The van der Waals surface area contributed by atoms with Gasteiger partial charge in [-0.1, -0.05) is 149 Å². The van der Waals surface area contributed by atoms with E-state index in [0.29, 0.717) is 12.8 Å². The number of likely N-dealkylation sites (N-methyl/N-ethyl adjacent to an activating group) is 1. The molecule has 0 rings (SSSR count). The van der Waals surface area contributed by atoms with Crippen molar-refractivity contribution in [2.24, 2.45) is 0 Å². The van der Waals surface area contributed by atoms with Crippen LogP contribution in [0.1, 0.15) is 181 Å². The molecule has 0 fully saturated rings. The fourth-order valence-corrected chi connectivity index (χ4v) is 6.54. The molecule has 0 heterocycles. The van der Waals surface area contributed by atoms with Gasteiger partial charge in [-0.25, -0.2) is 0 Å². The van der Waals surface area contributed by atoms with Gasteiger partial charge in [0.1, 0.15) is 0 Å². The van der Waals surface area contributed by atoms with Gasteiger partial charge in [-0.2, -0.15) is 0 Å². The zero-order valence-corrected chi connectivity index (χ0v) is 28.9. The third-order valence-electron chi connectivity index (χ3n) is 9.00. The summed E-state index contributed by atoms with van der Waals surface area (Å²) in [6, 6.07) is 0. The van der Waals surface area contributed by atoms with E-state index in [1.165, 1.54) is 103 Å². The molecule has 0 saturated carbocycles. The number of unbranched alkanes of at least 4 members (excludes halogenated alkanes) is 20. The van der Waals surface area contributed by atoms with Gasteiger partial charge in [-0.05, 0) is 19.3 Å². The van der Waals surface area contributed by atoms with E-state index < -0.39 is 10.9 Å². The summed E-state index contributed by atoms with van der Waals surface area (Å²) in [5, 5.41) is 10.5. The van der Waals surface area contributed by atoms with Crippen molar-refractivity contribution in [3.05, 3.63) is 0 Å². The van der Waals surface area contributed by atoms with Crippen molar-refractivity contribution in [3.8, 4) is 0 Å². The summed E-state index contributed by atoms with van der Waals surface area (Å²) in [4.78, 5) is 27.1. The van der Waals surface area contributed by atoms with Gasteiger partial charge in [0.25, 0.3) is 0 Å². The molecule has 0 aliphatic rings. The molecule has 0 aromatic heterocycles. The molecule has 0 aromatic rings. The third-order valence-corrected chi connectivity index (χ3v) is 10.4. The second-order valence-electron chi connectivity index (χ2n) is 13.4. The summed E-state index contributed by atoms with van der Waals surface area (Å²) in [5.74, 6) is -0.245. The lowest BCUT2D eigenvalue weighted by Gasteiger charge is -2.57. The zero-order chi connectivity index (χ0) is 30.3. The van der Waals surface area contributed by atoms with Crippen LogP contribution >= 0.6 is 9.24 Å². The highest BCUT2D eigenvalue weighted by Crippen LogP contribution is 2.43. The maximum atomic E-state index is 13.7. The third kappa shape index (κ3) is 14.7. The van der Waals surface area contributed by atoms with Crippen LogP contribution in [0.5, 0.6) is 0 Å². The molecule has 2 atom stereocenters. The standard InChI is InChI=1S/C35H70NO3P/c1-7-10-12-14-16-18-20-22-24-26-28-30-32(37)34(39,9-3)35(40,36(4,5)6)33(38)31-29-27-25-23-21-19-17-15-13-11-8-2/h39-40H,7-31H2,1-6H3. The van der Waals surface area contributed by atoms with E-state index >= 15 is 0 Å². The second kappa shape index (κ2) is 23.2. The Morgan fingerprint density at radius 1 is 0.525 bits per heavy atom. The van der Waals surface area contributed by atoms with E-state index in [9.17, 15) is 14.7 Å². The molecule has 4 nitrogen and oxygen atoms in total. The van der Waals surface area contributed by atoms with Crippen molar-refractivity contribution < 1.29 is 19.2 Å². The van der Waals surface area contributed by atoms with Gasteiger partial charge < -0.3 is 18.8 Å². The van der Waals surface area contributed by atoms with Crippen LogP contribution in [0.15, 0.2) is 0 Å². The average molecular weight is 584 g/mol. The molecular weight excluding hydrogens is 513 g/mol. The van der Waals surface area contributed by atoms with Crippen LogP contribution in [-0.4, -0.2) is 53.2 Å². The van der Waals surface area contributed by atoms with Crippen molar-refractivity contribution in [2.45, 2.75) is 192 Å². The Labute approximate surface area is 253 Å². The molecule has 0 aromatic carbocycles. The van der Waals surface area contributed by atoms with E-state index in [4.69, 9.17) is 0 Å². The van der Waals surface area contributed by atoms with Crippen LogP contribution in [-0.2, 0) is 9.59 Å². The Balaban J connectivity index is 4.61. The number of ketones is 2. The Morgan fingerprint density at radius 3 is 1.07 bits per heavy atom. The number of carbonyl (C=O) groups is 2. The van der Waals surface area contributed by atoms with Crippen LogP contribution in [0.4, 0.5) is 0 Å². The fraction of sp³-hybridized carbons (Fsp3) is 0.943. The van der Waals surface area contributed by atoms with Gasteiger partial charge in [0.15, 0.2) is 17.2 Å². The predicted molar refractivity (Wildman–Crippen MR) is 176 cm³/mol. The van der Waals surface area contributed by atoms with Crippen molar-refractivity contribution in [3.63, 3.8) is 0 Å². The summed E-state index contributed by atoms with van der Waals surface area (Å²) < 4.78 is 0.176. The Morgan fingerprint density at radius 2 is 0.800 bits per heavy atom. The highest BCUT2D eigenvalue weighted by Gasteiger charge is 2.56. The Hall–Kier alpha value is -0.310. The second-order valence-corrected chi connectivity index (χ2v) is 14.1. The summed E-state index contributed by atoms with van der Waals surface area (Å²) in [6.07, 6.45) is 27.9. The monoisotopic (exact) mass is 584 g/mol. The molecule has 0 amide bonds. The SMILES string of the molecule is CCCCCCCCCCCCCC(=O)C(O)(CC)C([PH-])(C(=O)CCCCCCCCCCCCC)[N+](C)(C)C. The lowest BCUT2D eigenvalue weighted by atomic mass is 9.78. The molecule has 1 N–H and O–H groups in total. The lowest BCUT2D eigenvalue weighted by Crippen LogP contribution is -2.72. The first kappa shape index (κ1) is 39.7. The number of hydrogen-bond acceptors (Lipinski definition) is 3. The smallest absolute Gasteiger partial charge is 0.168 e. The maximum absolute atomic E-state index is 13.7. The molecule has 0 aliphatic carbocycles. The van der Waals surface area contributed by atoms with E-state index in [-0.39, 0.29) is 22.5 Å². The number of hydrogen-bond donors (Lipinski definition) is 1. The Bertz CT molecular complexity index is 647. The molecular formula is C35H70NO3P. The molecule has 0 bridgehead atoms. The minimum Gasteiger partial charge on any atom is -0.477 e. The zero-order valence-electron chi connectivity index (χ0n) is 27.9. The van der Waals surface area contributed by atoms with Crippen molar-refractivity contribution in [2.75, 3.05) is 21.1 Å². The first-order chi connectivity index (χ1) is 19.0. The number of aliphatic hydroxyl groups is 1. The van der Waals surface area contributed by atoms with Gasteiger partial charge >= 0.3 is 0 Å². The molecule has 0 radical (unpaired) electrons. The van der Waals surface area contributed by atoms with Crippen LogP contribution in [0.3, 0.4) is 0 Å². The topological polar surface area (TPSA) is 54.4 Å². The predicted octanol–water partition coefficient (Wildman–Crippen LogP) is 10.2. The Kier molecular flexibility index (Phi) is 23.0. The minimum absolute atomic E-state index is 0.0516. The van der Waals surface area contributed by atoms with Crippen LogP contribution in [0.25, 0.3) is 0 Å². The van der Waals surface area contributed by atoms with E-state index in [1.807, 2.05) is 28.1 Å². The number of quaternary nitrogens is 1. The van der Waals surface area contributed by atoms with Crippen molar-refractivity contribution in [1.82, 2.24) is 0 Å². The molecule has 0 spiro atoms. The normalized spacial score (nSPS) is 15.1. The van der Waals surface area contributed by atoms with Crippen LogP contribution < -0.4 is 0 Å². The van der Waals surface area contributed by atoms with E-state index in [1.54, 1.807) is 0 Å². The number of rotatable bonds is 29. The quantitative estimate of drug-likeness (QED) is 0.0541. The molecule has 238 valence electrons. The van der Waals surface area contributed by atoms with Gasteiger partial charge in [0, 0.05) is 12.8 Å². The summed E-state index contributed by atoms with van der Waals surface area (Å²) in [6.45, 7) is 6.34. The van der Waals surface area contributed by atoms with Crippen molar-refractivity contribution in [1.29, 1.82) is 0 Å². The maximum Gasteiger partial charge on any atom is 0.168 e. The number of nitrogens with zero attached hydrogens (tertiary/aromatic N) is 1. The van der Waals surface area contributed by atoms with Crippen LogP contribution in [0.2, 0.25) is 0 Å². The van der Waals surface area contributed by atoms with E-state index in [2.05, 4.69) is 23.1 Å². The lowest BCUT2D eigenvalue weighted by molar-refractivity contribution is -0.902. The number of carbonyl (C=O) groups excluding carboxylic acids is 2. The highest BCUT2D eigenvalue weighted by atomic mass is 31.0. The molecule has 0 aliphatic heterocycles. The minimum atomic E-state index is -1.71. The van der Waals surface area contributed by atoms with Gasteiger partial charge in [0.2, 0.25) is 0 Å². The largest absolute Gasteiger partial charge is 0.477 e. The average Bonchev–Trinajstić information content (AvgIpc) is 2.92. The molecule has 0 saturated heterocycles. The van der Waals surface area contributed by atoms with Gasteiger partial charge in [0.05, 0.1) is 26.4 Å². The van der Waals surface area contributed by atoms with Crippen molar-refractivity contribution >= 4 is 20.8 Å². The van der Waals surface area contributed by atoms with E-state index in [0.717, 1.165) is 38.5 Å². The highest BCUT2D eigenvalue weighted by molar-refractivity contribution is 7.21. The van der Waals surface area contributed by atoms with Gasteiger partial charge in [-0.15, -0.1) is 0 Å². The first-order valence-corrected chi connectivity index (χ1v) is 17.9. The summed E-state index contributed by atoms with van der Waals surface area (Å²) in [7, 11) is 9.49. The molecule has 40 heavy (non-hydrogen) atoms. The first-order valence-electron chi connectivity index (χ1n) is 17.4.